The van der Waals surface area contributed by atoms with E-state index in [1.54, 1.807) is 25.2 Å². The first-order valence-corrected chi connectivity index (χ1v) is 7.28. The molecule has 21 heavy (non-hydrogen) atoms. The predicted molar refractivity (Wildman–Crippen MR) is 88.4 cm³/mol. The first-order valence-electron chi connectivity index (χ1n) is 6.53. The van der Waals surface area contributed by atoms with Crippen LogP contribution in [0.3, 0.4) is 0 Å². The van der Waals surface area contributed by atoms with Crippen LogP contribution in [0.1, 0.15) is 21.5 Å². The van der Waals surface area contributed by atoms with E-state index >= 15 is 0 Å². The first kappa shape index (κ1) is 15.7. The van der Waals surface area contributed by atoms with Crippen LogP contribution in [0, 0.1) is 6.92 Å². The van der Waals surface area contributed by atoms with Gasteiger partial charge in [0.25, 0.3) is 5.91 Å². The van der Waals surface area contributed by atoms with Crippen LogP contribution >= 0.6 is 23.2 Å². The van der Waals surface area contributed by atoms with E-state index in [0.717, 1.165) is 16.8 Å². The van der Waals surface area contributed by atoms with Crippen molar-refractivity contribution in [1.29, 1.82) is 0 Å². The monoisotopic (exact) mass is 322 g/mol. The highest BCUT2D eigenvalue weighted by Crippen LogP contribution is 2.26. The van der Waals surface area contributed by atoms with E-state index in [2.05, 4.69) is 10.6 Å². The molecule has 0 bridgehead atoms. The number of anilines is 1. The number of aryl methyl sites for hydroxylation is 1. The Morgan fingerprint density at radius 1 is 1.10 bits per heavy atom. The van der Waals surface area contributed by atoms with E-state index in [1.165, 1.54) is 0 Å². The molecule has 0 aliphatic rings. The molecule has 5 heteroatoms. The van der Waals surface area contributed by atoms with Crippen molar-refractivity contribution >= 4 is 34.8 Å². The first-order chi connectivity index (χ1) is 10.0. The van der Waals surface area contributed by atoms with Crippen LogP contribution in [0.2, 0.25) is 10.0 Å². The fourth-order valence-electron chi connectivity index (χ4n) is 2.13. The minimum atomic E-state index is -0.124. The lowest BCUT2D eigenvalue weighted by molar-refractivity contribution is 0.0963. The number of halogens is 2. The fourth-order valence-corrected chi connectivity index (χ4v) is 2.66. The molecule has 2 N–H and O–H groups in total. The largest absolute Gasteiger partial charge is 0.380 e. The maximum Gasteiger partial charge on any atom is 0.253 e. The number of amides is 1. The van der Waals surface area contributed by atoms with Gasteiger partial charge in [0.15, 0.2) is 0 Å². The van der Waals surface area contributed by atoms with E-state index < -0.39 is 0 Å². The van der Waals surface area contributed by atoms with E-state index in [9.17, 15) is 4.79 Å². The molecule has 110 valence electrons. The number of nitrogens with one attached hydrogen (secondary N) is 2. The zero-order chi connectivity index (χ0) is 15.4. The molecule has 0 radical (unpaired) electrons. The summed E-state index contributed by atoms with van der Waals surface area (Å²) in [7, 11) is 1.61. The number of hydrogen-bond donors (Lipinski definition) is 2. The average molecular weight is 323 g/mol. The van der Waals surface area contributed by atoms with Gasteiger partial charge in [-0.05, 0) is 30.7 Å². The van der Waals surface area contributed by atoms with Crippen molar-refractivity contribution in [2.75, 3.05) is 12.4 Å². The van der Waals surface area contributed by atoms with Gasteiger partial charge in [-0.25, -0.2) is 0 Å². The Balaban J connectivity index is 2.29. The predicted octanol–water partition coefficient (Wildman–Crippen LogP) is 4.27. The third-order valence-corrected chi connectivity index (χ3v) is 3.95. The van der Waals surface area contributed by atoms with E-state index in [1.807, 2.05) is 25.1 Å². The Labute approximate surface area is 134 Å². The zero-order valence-electron chi connectivity index (χ0n) is 11.8. The molecule has 2 aromatic rings. The highest BCUT2D eigenvalue weighted by atomic mass is 35.5. The van der Waals surface area contributed by atoms with Gasteiger partial charge in [-0.15, -0.1) is 0 Å². The van der Waals surface area contributed by atoms with Crippen LogP contribution < -0.4 is 10.6 Å². The molecule has 1 amide bonds. The van der Waals surface area contributed by atoms with Crippen molar-refractivity contribution in [1.82, 2.24) is 5.32 Å². The second kappa shape index (κ2) is 6.83. The number of carbonyl (C=O) groups is 1. The summed E-state index contributed by atoms with van der Waals surface area (Å²) in [4.78, 5) is 12.0. The van der Waals surface area contributed by atoms with Crippen LogP contribution in [0.5, 0.6) is 0 Å². The number of hydrogen-bond acceptors (Lipinski definition) is 2. The van der Waals surface area contributed by atoms with Crippen LogP contribution in [-0.2, 0) is 6.54 Å². The molecular weight excluding hydrogens is 307 g/mol. The van der Waals surface area contributed by atoms with Crippen molar-refractivity contribution < 1.29 is 4.79 Å². The summed E-state index contributed by atoms with van der Waals surface area (Å²) >= 11 is 12.3. The third-order valence-electron chi connectivity index (χ3n) is 3.24. The topological polar surface area (TPSA) is 41.1 Å². The second-order valence-electron chi connectivity index (χ2n) is 4.63. The normalized spacial score (nSPS) is 10.3. The van der Waals surface area contributed by atoms with Crippen LogP contribution in [-0.4, -0.2) is 13.0 Å². The molecule has 0 aromatic heterocycles. The molecule has 2 rings (SSSR count). The molecule has 0 aliphatic heterocycles. The maximum absolute atomic E-state index is 12.0. The lowest BCUT2D eigenvalue weighted by atomic mass is 10.1. The highest BCUT2D eigenvalue weighted by Gasteiger charge is 2.13. The summed E-state index contributed by atoms with van der Waals surface area (Å²) in [6, 6.07) is 11.1. The summed E-state index contributed by atoms with van der Waals surface area (Å²) in [6.07, 6.45) is 0. The Morgan fingerprint density at radius 3 is 2.33 bits per heavy atom. The second-order valence-corrected chi connectivity index (χ2v) is 5.44. The molecule has 0 spiro atoms. The molecular formula is C16H16Cl2N2O. The van der Waals surface area contributed by atoms with Gasteiger partial charge in [-0.1, -0.05) is 41.4 Å². The van der Waals surface area contributed by atoms with E-state index in [0.29, 0.717) is 22.2 Å². The van der Waals surface area contributed by atoms with Crippen LogP contribution in [0.4, 0.5) is 5.69 Å². The number of benzene rings is 2. The van der Waals surface area contributed by atoms with Gasteiger partial charge in [0.2, 0.25) is 0 Å². The molecule has 0 saturated carbocycles. The van der Waals surface area contributed by atoms with Gasteiger partial charge in [-0.2, -0.15) is 0 Å². The smallest absolute Gasteiger partial charge is 0.253 e. The lowest BCUT2D eigenvalue weighted by Gasteiger charge is -2.14. The lowest BCUT2D eigenvalue weighted by Crippen LogP contribution is -2.21. The molecule has 0 fully saturated rings. The molecule has 0 heterocycles. The van der Waals surface area contributed by atoms with Crippen molar-refractivity contribution in [3.63, 3.8) is 0 Å². The van der Waals surface area contributed by atoms with E-state index in [4.69, 9.17) is 23.2 Å². The van der Waals surface area contributed by atoms with Gasteiger partial charge in [-0.3, -0.25) is 4.79 Å². The van der Waals surface area contributed by atoms with Gasteiger partial charge in [0, 0.05) is 34.9 Å². The Hall–Kier alpha value is -1.71. The van der Waals surface area contributed by atoms with Crippen LogP contribution in [0.25, 0.3) is 0 Å². The van der Waals surface area contributed by atoms with Gasteiger partial charge in [0.1, 0.15) is 0 Å². The Kier molecular flexibility index (Phi) is 5.10. The van der Waals surface area contributed by atoms with Crippen molar-refractivity contribution in [2.24, 2.45) is 0 Å². The minimum absolute atomic E-state index is 0.124. The SMILES string of the molecule is CNC(=O)c1c(C)cccc1NCc1c(Cl)cccc1Cl. The molecule has 2 aromatic carbocycles. The van der Waals surface area contributed by atoms with Crippen LogP contribution in [0.15, 0.2) is 36.4 Å². The van der Waals surface area contributed by atoms with Gasteiger partial charge in [0.05, 0.1) is 5.56 Å². The molecule has 0 saturated heterocycles. The van der Waals surface area contributed by atoms with Crippen molar-refractivity contribution in [3.05, 3.63) is 63.1 Å². The zero-order valence-corrected chi connectivity index (χ0v) is 13.3. The Bertz CT molecular complexity index is 651. The van der Waals surface area contributed by atoms with E-state index in [-0.39, 0.29) is 5.91 Å². The molecule has 0 unspecified atom stereocenters. The Morgan fingerprint density at radius 2 is 1.71 bits per heavy atom. The highest BCUT2D eigenvalue weighted by molar-refractivity contribution is 6.36. The number of carbonyl (C=O) groups excluding carboxylic acids is 1. The average Bonchev–Trinajstić information content (AvgIpc) is 2.46. The fraction of sp³-hybridized carbons (Fsp3) is 0.188. The maximum atomic E-state index is 12.0. The summed E-state index contributed by atoms with van der Waals surface area (Å²) in [5, 5.41) is 7.09. The van der Waals surface area contributed by atoms with Crippen molar-refractivity contribution in [3.8, 4) is 0 Å². The van der Waals surface area contributed by atoms with Gasteiger partial charge < -0.3 is 10.6 Å². The van der Waals surface area contributed by atoms with Crippen molar-refractivity contribution in [2.45, 2.75) is 13.5 Å². The van der Waals surface area contributed by atoms with Gasteiger partial charge >= 0.3 is 0 Å². The summed E-state index contributed by atoms with van der Waals surface area (Å²) < 4.78 is 0. The summed E-state index contributed by atoms with van der Waals surface area (Å²) in [5.41, 5.74) is 3.10. The third kappa shape index (κ3) is 3.49. The number of rotatable bonds is 4. The quantitative estimate of drug-likeness (QED) is 0.882. The molecule has 0 aliphatic carbocycles. The molecule has 0 atom stereocenters. The summed E-state index contributed by atoms with van der Waals surface area (Å²) in [6.45, 7) is 2.35. The standard InChI is InChI=1S/C16H16Cl2N2O/c1-10-5-3-8-14(15(10)16(21)19-2)20-9-11-12(17)6-4-7-13(11)18/h3-8,20H,9H2,1-2H3,(H,19,21). The summed E-state index contributed by atoms with van der Waals surface area (Å²) in [5.74, 6) is -0.124. The molecule has 3 nitrogen and oxygen atoms in total. The minimum Gasteiger partial charge on any atom is -0.380 e.